The Labute approximate surface area is 176 Å². The highest BCUT2D eigenvalue weighted by Crippen LogP contribution is 2.28. The Morgan fingerprint density at radius 2 is 1.97 bits per heavy atom. The molecular formula is C20H16ClN3O6. The largest absolute Gasteiger partial charge is 0.492 e. The summed E-state index contributed by atoms with van der Waals surface area (Å²) >= 11 is 6.18. The first-order valence-electron chi connectivity index (χ1n) is 8.90. The van der Waals surface area contributed by atoms with Crippen LogP contribution in [0.15, 0.2) is 48.0 Å². The van der Waals surface area contributed by atoms with Gasteiger partial charge in [-0.15, -0.1) is 0 Å². The first-order chi connectivity index (χ1) is 14.3. The van der Waals surface area contributed by atoms with E-state index in [-0.39, 0.29) is 16.9 Å². The van der Waals surface area contributed by atoms with Gasteiger partial charge in [0.15, 0.2) is 0 Å². The number of urea groups is 1. The van der Waals surface area contributed by atoms with Gasteiger partial charge in [-0.3, -0.25) is 25.0 Å². The van der Waals surface area contributed by atoms with Crippen molar-refractivity contribution in [2.45, 2.75) is 13.3 Å². The van der Waals surface area contributed by atoms with E-state index in [0.717, 1.165) is 12.5 Å². The summed E-state index contributed by atoms with van der Waals surface area (Å²) in [7, 11) is 0. The SMILES string of the molecule is CCCOc1ccc(/C=C2\C(=O)NC(=O)N(c3cccc([N+](=O)[O-])c3)C2=O)cc1Cl. The highest BCUT2D eigenvalue weighted by molar-refractivity contribution is 6.39. The molecule has 0 aromatic heterocycles. The van der Waals surface area contributed by atoms with Crippen molar-refractivity contribution in [2.24, 2.45) is 0 Å². The summed E-state index contributed by atoms with van der Waals surface area (Å²) in [6.07, 6.45) is 2.09. The maximum atomic E-state index is 12.9. The van der Waals surface area contributed by atoms with Crippen LogP contribution in [0.5, 0.6) is 5.75 Å². The number of halogens is 1. The molecule has 4 amide bonds. The number of benzene rings is 2. The Hall–Kier alpha value is -3.72. The van der Waals surface area contributed by atoms with Gasteiger partial charge in [0, 0.05) is 12.1 Å². The number of nitrogens with one attached hydrogen (secondary N) is 1. The van der Waals surface area contributed by atoms with Gasteiger partial charge in [-0.2, -0.15) is 0 Å². The van der Waals surface area contributed by atoms with Crippen molar-refractivity contribution in [1.29, 1.82) is 0 Å². The number of ether oxygens (including phenoxy) is 1. The first kappa shape index (κ1) is 21.0. The standard InChI is InChI=1S/C20H16ClN3O6/c1-2-8-30-17-7-6-12(10-16(17)21)9-15-18(25)22-20(27)23(19(15)26)13-4-3-5-14(11-13)24(28)29/h3-7,9-11H,2,8H2,1H3,(H,22,25,27)/b15-9+. The second kappa shape index (κ2) is 8.75. The molecule has 154 valence electrons. The summed E-state index contributed by atoms with van der Waals surface area (Å²) in [5.74, 6) is -1.32. The van der Waals surface area contributed by atoms with E-state index in [1.807, 2.05) is 6.92 Å². The number of hydrogen-bond donors (Lipinski definition) is 1. The summed E-state index contributed by atoms with van der Waals surface area (Å²) in [6, 6.07) is 8.73. The van der Waals surface area contributed by atoms with Crippen molar-refractivity contribution in [1.82, 2.24) is 5.32 Å². The molecule has 3 rings (SSSR count). The molecule has 1 aliphatic heterocycles. The Kier molecular flexibility index (Phi) is 6.12. The summed E-state index contributed by atoms with van der Waals surface area (Å²) in [5.41, 5.74) is -0.216. The van der Waals surface area contributed by atoms with Crippen molar-refractivity contribution < 1.29 is 24.0 Å². The second-order valence-electron chi connectivity index (χ2n) is 6.27. The molecule has 2 aromatic carbocycles. The molecule has 0 radical (unpaired) electrons. The van der Waals surface area contributed by atoms with Gasteiger partial charge in [0.25, 0.3) is 17.5 Å². The first-order valence-corrected chi connectivity index (χ1v) is 9.28. The molecule has 0 spiro atoms. The number of amides is 4. The van der Waals surface area contributed by atoms with Crippen LogP contribution in [0.3, 0.4) is 0 Å². The van der Waals surface area contributed by atoms with Gasteiger partial charge in [0.1, 0.15) is 11.3 Å². The van der Waals surface area contributed by atoms with Gasteiger partial charge >= 0.3 is 6.03 Å². The van der Waals surface area contributed by atoms with Gasteiger partial charge in [-0.25, -0.2) is 9.69 Å². The summed E-state index contributed by atoms with van der Waals surface area (Å²) < 4.78 is 5.49. The minimum atomic E-state index is -0.996. The third-order valence-electron chi connectivity index (χ3n) is 4.13. The van der Waals surface area contributed by atoms with Gasteiger partial charge in [-0.05, 0) is 36.3 Å². The zero-order valence-electron chi connectivity index (χ0n) is 15.8. The van der Waals surface area contributed by atoms with E-state index in [9.17, 15) is 24.5 Å². The number of carbonyl (C=O) groups excluding carboxylic acids is 3. The fraction of sp³-hybridized carbons (Fsp3) is 0.150. The average molecular weight is 430 g/mol. The Morgan fingerprint density at radius 3 is 2.63 bits per heavy atom. The minimum absolute atomic E-state index is 0.0357. The molecule has 1 heterocycles. The molecular weight excluding hydrogens is 414 g/mol. The second-order valence-corrected chi connectivity index (χ2v) is 6.68. The van der Waals surface area contributed by atoms with Crippen LogP contribution in [-0.4, -0.2) is 29.4 Å². The number of rotatable bonds is 6. The number of nitro benzene ring substituents is 1. The monoisotopic (exact) mass is 429 g/mol. The summed E-state index contributed by atoms with van der Waals surface area (Å²) in [6.45, 7) is 2.44. The van der Waals surface area contributed by atoms with Crippen LogP contribution in [0.25, 0.3) is 6.08 Å². The van der Waals surface area contributed by atoms with Crippen LogP contribution in [0.2, 0.25) is 5.02 Å². The number of anilines is 1. The van der Waals surface area contributed by atoms with Crippen LogP contribution < -0.4 is 15.0 Å². The lowest BCUT2D eigenvalue weighted by Gasteiger charge is -2.26. The molecule has 0 bridgehead atoms. The van der Waals surface area contributed by atoms with Crippen LogP contribution in [0.4, 0.5) is 16.2 Å². The van der Waals surface area contributed by atoms with Crippen molar-refractivity contribution in [2.75, 3.05) is 11.5 Å². The molecule has 0 aliphatic carbocycles. The van der Waals surface area contributed by atoms with Crippen molar-refractivity contribution in [3.05, 3.63) is 68.7 Å². The Bertz CT molecular complexity index is 1080. The minimum Gasteiger partial charge on any atom is -0.492 e. The number of barbiturate groups is 1. The highest BCUT2D eigenvalue weighted by Gasteiger charge is 2.37. The fourth-order valence-electron chi connectivity index (χ4n) is 2.74. The molecule has 1 saturated heterocycles. The lowest BCUT2D eigenvalue weighted by Crippen LogP contribution is -2.54. The molecule has 0 saturated carbocycles. The smallest absolute Gasteiger partial charge is 0.335 e. The quantitative estimate of drug-likeness (QED) is 0.323. The number of imide groups is 2. The van der Waals surface area contributed by atoms with E-state index in [2.05, 4.69) is 5.32 Å². The van der Waals surface area contributed by atoms with Gasteiger partial charge in [0.05, 0.1) is 22.2 Å². The number of nitro groups is 1. The van der Waals surface area contributed by atoms with E-state index >= 15 is 0 Å². The van der Waals surface area contributed by atoms with Crippen LogP contribution >= 0.6 is 11.6 Å². The van der Waals surface area contributed by atoms with Crippen LogP contribution in [0, 0.1) is 10.1 Å². The average Bonchev–Trinajstić information content (AvgIpc) is 2.70. The van der Waals surface area contributed by atoms with Crippen LogP contribution in [0.1, 0.15) is 18.9 Å². The van der Waals surface area contributed by atoms with E-state index in [0.29, 0.717) is 27.8 Å². The van der Waals surface area contributed by atoms with Crippen molar-refractivity contribution in [3.63, 3.8) is 0 Å². The van der Waals surface area contributed by atoms with E-state index in [1.165, 1.54) is 30.3 Å². The van der Waals surface area contributed by atoms with Crippen LogP contribution in [-0.2, 0) is 9.59 Å². The molecule has 30 heavy (non-hydrogen) atoms. The topological polar surface area (TPSA) is 119 Å². The number of hydrogen-bond acceptors (Lipinski definition) is 6. The lowest BCUT2D eigenvalue weighted by atomic mass is 10.1. The molecule has 1 N–H and O–H groups in total. The molecule has 1 fully saturated rings. The Morgan fingerprint density at radius 1 is 1.20 bits per heavy atom. The zero-order valence-corrected chi connectivity index (χ0v) is 16.5. The molecule has 10 heteroatoms. The highest BCUT2D eigenvalue weighted by atomic mass is 35.5. The maximum absolute atomic E-state index is 12.9. The predicted molar refractivity (Wildman–Crippen MR) is 109 cm³/mol. The van der Waals surface area contributed by atoms with E-state index in [1.54, 1.807) is 12.1 Å². The fourth-order valence-corrected chi connectivity index (χ4v) is 2.98. The third kappa shape index (κ3) is 4.31. The van der Waals surface area contributed by atoms with E-state index < -0.39 is 22.8 Å². The molecule has 9 nitrogen and oxygen atoms in total. The van der Waals surface area contributed by atoms with E-state index in [4.69, 9.17) is 16.3 Å². The van der Waals surface area contributed by atoms with Gasteiger partial charge < -0.3 is 4.74 Å². The van der Waals surface area contributed by atoms with Crippen molar-refractivity contribution in [3.8, 4) is 5.75 Å². The van der Waals surface area contributed by atoms with Gasteiger partial charge in [0.2, 0.25) is 0 Å². The normalized spacial score (nSPS) is 15.3. The number of non-ortho nitro benzene ring substituents is 1. The molecule has 0 unspecified atom stereocenters. The number of carbonyl (C=O) groups is 3. The zero-order chi connectivity index (χ0) is 21.8. The molecule has 0 atom stereocenters. The summed E-state index contributed by atoms with van der Waals surface area (Å²) in [5, 5.41) is 13.4. The Balaban J connectivity index is 1.95. The number of nitrogens with zero attached hydrogens (tertiary/aromatic N) is 2. The molecule has 2 aromatic rings. The predicted octanol–water partition coefficient (Wildman–Crippen LogP) is 3.70. The maximum Gasteiger partial charge on any atom is 0.335 e. The third-order valence-corrected chi connectivity index (χ3v) is 4.42. The van der Waals surface area contributed by atoms with Gasteiger partial charge in [-0.1, -0.05) is 30.7 Å². The molecule has 1 aliphatic rings. The van der Waals surface area contributed by atoms with Crippen molar-refractivity contribution >= 4 is 46.9 Å². The lowest BCUT2D eigenvalue weighted by molar-refractivity contribution is -0.384. The summed E-state index contributed by atoms with van der Waals surface area (Å²) in [4.78, 5) is 48.4.